The normalized spacial score (nSPS) is 10.5. The van der Waals surface area contributed by atoms with Crippen LogP contribution in [0.3, 0.4) is 0 Å². The van der Waals surface area contributed by atoms with E-state index in [0.29, 0.717) is 22.8 Å². The first kappa shape index (κ1) is 14.9. The van der Waals surface area contributed by atoms with Crippen LogP contribution in [0.15, 0.2) is 28.7 Å². The third-order valence-corrected chi connectivity index (χ3v) is 3.56. The van der Waals surface area contributed by atoms with Crippen molar-refractivity contribution >= 4 is 11.8 Å². The zero-order chi connectivity index (χ0) is 15.6. The summed E-state index contributed by atoms with van der Waals surface area (Å²) in [5.41, 5.74) is 2.84. The predicted octanol–water partition coefficient (Wildman–Crippen LogP) is 4.14. The molecule has 0 spiro atoms. The van der Waals surface area contributed by atoms with Gasteiger partial charge in [0.25, 0.3) is 5.91 Å². The summed E-state index contributed by atoms with van der Waals surface area (Å²) in [6, 6.07) is 9.48. The molecule has 1 aromatic heterocycles. The molecule has 2 rings (SSSR count). The van der Waals surface area contributed by atoms with Crippen molar-refractivity contribution in [2.75, 3.05) is 5.32 Å². The molecule has 0 saturated carbocycles. The van der Waals surface area contributed by atoms with E-state index < -0.39 is 0 Å². The quantitative estimate of drug-likeness (QED) is 0.919. The fourth-order valence-electron chi connectivity index (χ4n) is 2.04. The van der Waals surface area contributed by atoms with Gasteiger partial charge in [0.15, 0.2) is 0 Å². The summed E-state index contributed by atoms with van der Waals surface area (Å²) in [5.74, 6) is 0.987. The molecule has 0 saturated heterocycles. The number of nitrogens with one attached hydrogen (secondary N) is 1. The molecule has 108 valence electrons. The van der Waals surface area contributed by atoms with Gasteiger partial charge in [-0.25, -0.2) is 0 Å². The van der Waals surface area contributed by atoms with Gasteiger partial charge in [-0.05, 0) is 37.5 Å². The van der Waals surface area contributed by atoms with Crippen LogP contribution in [0, 0.1) is 25.2 Å². The van der Waals surface area contributed by atoms with E-state index in [2.05, 4.69) is 25.2 Å². The van der Waals surface area contributed by atoms with Crippen molar-refractivity contribution in [1.82, 2.24) is 0 Å². The van der Waals surface area contributed by atoms with Crippen molar-refractivity contribution in [1.29, 1.82) is 5.26 Å². The van der Waals surface area contributed by atoms with E-state index in [0.717, 1.165) is 5.56 Å². The van der Waals surface area contributed by atoms with Gasteiger partial charge in [0.05, 0.1) is 0 Å². The number of nitriles is 1. The number of furan rings is 1. The average Bonchev–Trinajstić information content (AvgIpc) is 2.73. The maximum Gasteiger partial charge on any atom is 0.258 e. The lowest BCUT2D eigenvalue weighted by Gasteiger charge is -2.07. The molecule has 21 heavy (non-hydrogen) atoms. The first-order valence-corrected chi connectivity index (χ1v) is 6.85. The third-order valence-electron chi connectivity index (χ3n) is 3.56. The summed E-state index contributed by atoms with van der Waals surface area (Å²) in [5, 5.41) is 11.8. The highest BCUT2D eigenvalue weighted by Crippen LogP contribution is 2.26. The zero-order valence-corrected chi connectivity index (χ0v) is 12.7. The highest BCUT2D eigenvalue weighted by atomic mass is 16.4. The van der Waals surface area contributed by atoms with Crippen molar-refractivity contribution in [2.24, 2.45) is 0 Å². The monoisotopic (exact) mass is 282 g/mol. The van der Waals surface area contributed by atoms with Gasteiger partial charge >= 0.3 is 0 Å². The second-order valence-electron chi connectivity index (χ2n) is 5.33. The fourth-order valence-corrected chi connectivity index (χ4v) is 2.04. The first-order valence-electron chi connectivity index (χ1n) is 6.85. The highest BCUT2D eigenvalue weighted by molar-refractivity contribution is 6.04. The van der Waals surface area contributed by atoms with Crippen LogP contribution in [0.25, 0.3) is 0 Å². The number of aryl methyl sites for hydroxylation is 1. The number of nitrogens with zero attached hydrogens (tertiary/aromatic N) is 1. The Labute approximate surface area is 124 Å². The molecule has 1 N–H and O–H groups in total. The number of rotatable bonds is 3. The number of anilines is 1. The van der Waals surface area contributed by atoms with Crippen LogP contribution in [0.2, 0.25) is 0 Å². The predicted molar refractivity (Wildman–Crippen MR) is 81.4 cm³/mol. The van der Waals surface area contributed by atoms with Crippen LogP contribution in [0.1, 0.15) is 52.6 Å². The SMILES string of the molecule is Cc1oc(NC(=O)c2ccc(C(C)C)cc2)c(C#N)c1C. The van der Waals surface area contributed by atoms with Crippen molar-refractivity contribution in [3.8, 4) is 6.07 Å². The largest absolute Gasteiger partial charge is 0.444 e. The van der Waals surface area contributed by atoms with Gasteiger partial charge in [0, 0.05) is 11.1 Å². The molecule has 1 aromatic carbocycles. The van der Waals surface area contributed by atoms with Crippen LogP contribution in [-0.2, 0) is 0 Å². The fraction of sp³-hybridized carbons (Fsp3) is 0.294. The number of benzene rings is 1. The highest BCUT2D eigenvalue weighted by Gasteiger charge is 2.17. The molecule has 4 heteroatoms. The summed E-state index contributed by atoms with van der Waals surface area (Å²) in [6.07, 6.45) is 0. The second-order valence-corrected chi connectivity index (χ2v) is 5.33. The van der Waals surface area contributed by atoms with Crippen LogP contribution in [0.5, 0.6) is 0 Å². The van der Waals surface area contributed by atoms with Gasteiger partial charge in [-0.2, -0.15) is 5.26 Å². The van der Waals surface area contributed by atoms with Gasteiger partial charge in [-0.15, -0.1) is 0 Å². The Balaban J connectivity index is 2.22. The Morgan fingerprint density at radius 1 is 1.24 bits per heavy atom. The van der Waals surface area contributed by atoms with Crippen molar-refractivity contribution in [2.45, 2.75) is 33.6 Å². The van der Waals surface area contributed by atoms with Gasteiger partial charge in [0.2, 0.25) is 5.88 Å². The van der Waals surface area contributed by atoms with Crippen molar-refractivity contribution in [3.05, 3.63) is 52.3 Å². The van der Waals surface area contributed by atoms with Gasteiger partial charge in [-0.1, -0.05) is 26.0 Å². The Bertz CT molecular complexity index is 704. The number of carbonyl (C=O) groups excluding carboxylic acids is 1. The van der Waals surface area contributed by atoms with E-state index in [1.54, 1.807) is 26.0 Å². The molecule has 4 nitrogen and oxygen atoms in total. The molecule has 0 aliphatic carbocycles. The molecule has 1 amide bonds. The van der Waals surface area contributed by atoms with Gasteiger partial charge < -0.3 is 4.42 Å². The van der Waals surface area contributed by atoms with E-state index in [1.165, 1.54) is 5.56 Å². The molecule has 1 heterocycles. The lowest BCUT2D eigenvalue weighted by Crippen LogP contribution is -2.12. The molecule has 0 unspecified atom stereocenters. The van der Waals surface area contributed by atoms with E-state index >= 15 is 0 Å². The molecular weight excluding hydrogens is 264 g/mol. The topological polar surface area (TPSA) is 66.0 Å². The van der Waals surface area contributed by atoms with Crippen LogP contribution >= 0.6 is 0 Å². The first-order chi connectivity index (χ1) is 9.93. The lowest BCUT2D eigenvalue weighted by molar-refractivity contribution is 0.102. The molecule has 0 radical (unpaired) electrons. The average molecular weight is 282 g/mol. The smallest absolute Gasteiger partial charge is 0.258 e. The molecule has 0 aliphatic rings. The van der Waals surface area contributed by atoms with E-state index in [4.69, 9.17) is 9.68 Å². The number of carbonyl (C=O) groups is 1. The van der Waals surface area contributed by atoms with Crippen molar-refractivity contribution < 1.29 is 9.21 Å². The number of hydrogen-bond donors (Lipinski definition) is 1. The summed E-state index contributed by atoms with van der Waals surface area (Å²) in [4.78, 5) is 12.2. The third kappa shape index (κ3) is 2.97. The molecule has 0 bridgehead atoms. The molecule has 0 atom stereocenters. The zero-order valence-electron chi connectivity index (χ0n) is 12.7. The van der Waals surface area contributed by atoms with E-state index in [1.807, 2.05) is 12.1 Å². The molecule has 0 fully saturated rings. The molecule has 0 aliphatic heterocycles. The minimum Gasteiger partial charge on any atom is -0.444 e. The second kappa shape index (κ2) is 5.84. The minimum atomic E-state index is -0.282. The van der Waals surface area contributed by atoms with Gasteiger partial charge in [0.1, 0.15) is 17.4 Å². The van der Waals surface area contributed by atoms with Crippen LogP contribution < -0.4 is 5.32 Å². The molecule has 2 aromatic rings. The Hall–Kier alpha value is -2.54. The summed E-state index contributed by atoms with van der Waals surface area (Å²) < 4.78 is 5.44. The number of amides is 1. The summed E-state index contributed by atoms with van der Waals surface area (Å²) in [6.45, 7) is 7.76. The standard InChI is InChI=1S/C17H18N2O2/c1-10(2)13-5-7-14(8-6-13)16(20)19-17-15(9-18)11(3)12(4)21-17/h5-8,10H,1-4H3,(H,19,20). The van der Waals surface area contributed by atoms with E-state index in [-0.39, 0.29) is 11.8 Å². The summed E-state index contributed by atoms with van der Waals surface area (Å²) in [7, 11) is 0. The maximum absolute atomic E-state index is 12.2. The van der Waals surface area contributed by atoms with Crippen LogP contribution in [0.4, 0.5) is 5.88 Å². The van der Waals surface area contributed by atoms with Crippen molar-refractivity contribution in [3.63, 3.8) is 0 Å². The maximum atomic E-state index is 12.2. The van der Waals surface area contributed by atoms with E-state index in [9.17, 15) is 4.79 Å². The minimum absolute atomic E-state index is 0.213. The Morgan fingerprint density at radius 2 is 1.86 bits per heavy atom. The molecular formula is C17H18N2O2. The Morgan fingerprint density at radius 3 is 2.38 bits per heavy atom. The Kier molecular flexibility index (Phi) is 4.13. The number of hydrogen-bond acceptors (Lipinski definition) is 3. The van der Waals surface area contributed by atoms with Gasteiger partial charge in [-0.3, -0.25) is 10.1 Å². The van der Waals surface area contributed by atoms with Crippen LogP contribution in [-0.4, -0.2) is 5.91 Å². The summed E-state index contributed by atoms with van der Waals surface area (Å²) >= 11 is 0. The lowest BCUT2D eigenvalue weighted by atomic mass is 10.0.